The van der Waals surface area contributed by atoms with Crippen LogP contribution in [0.15, 0.2) is 60.8 Å². The minimum atomic E-state index is 0.722. The second-order valence-electron chi connectivity index (χ2n) is 5.14. The molecule has 0 aliphatic heterocycles. The predicted molar refractivity (Wildman–Crippen MR) is 84.0 cm³/mol. The van der Waals surface area contributed by atoms with Crippen LogP contribution in [0.3, 0.4) is 0 Å². The van der Waals surface area contributed by atoms with E-state index in [1.165, 1.54) is 0 Å². The van der Waals surface area contributed by atoms with E-state index in [4.69, 9.17) is 0 Å². The van der Waals surface area contributed by atoms with Crippen molar-refractivity contribution < 1.29 is 0 Å². The lowest BCUT2D eigenvalue weighted by atomic mass is 10.1. The zero-order valence-corrected chi connectivity index (χ0v) is 11.6. The average molecular weight is 271 g/mol. The van der Waals surface area contributed by atoms with E-state index < -0.39 is 0 Å². The van der Waals surface area contributed by atoms with E-state index in [9.17, 15) is 5.26 Å². The van der Waals surface area contributed by atoms with Gasteiger partial charge < -0.3 is 4.57 Å². The van der Waals surface area contributed by atoms with Gasteiger partial charge in [0.25, 0.3) is 0 Å². The molecule has 0 fully saturated rings. The van der Waals surface area contributed by atoms with Crippen LogP contribution in [0.4, 0.5) is 0 Å². The van der Waals surface area contributed by atoms with Gasteiger partial charge in [0.05, 0.1) is 11.0 Å². The fourth-order valence-corrected chi connectivity index (χ4v) is 3.02. The molecule has 0 atom stereocenters. The number of hydrogen-bond donors (Lipinski definition) is 0. The maximum atomic E-state index is 9.64. The number of nitriles is 1. The van der Waals surface area contributed by atoms with Gasteiger partial charge in [0.1, 0.15) is 17.3 Å². The van der Waals surface area contributed by atoms with Gasteiger partial charge in [0, 0.05) is 18.8 Å². The molecule has 0 aliphatic rings. The summed E-state index contributed by atoms with van der Waals surface area (Å²) in [6, 6.07) is 20.6. The van der Waals surface area contributed by atoms with Gasteiger partial charge in [-0.25, -0.2) is 0 Å². The number of fused-ring (bicyclic) bond motifs is 3. The number of imidazole rings is 1. The summed E-state index contributed by atoms with van der Waals surface area (Å²) in [5, 5.41) is 9.64. The number of aromatic nitrogens is 2. The van der Waals surface area contributed by atoms with Gasteiger partial charge in [0.15, 0.2) is 0 Å². The Balaban J connectivity index is 2.17. The highest BCUT2D eigenvalue weighted by Crippen LogP contribution is 2.32. The summed E-state index contributed by atoms with van der Waals surface area (Å²) in [4.78, 5) is 0. The van der Waals surface area contributed by atoms with Crippen LogP contribution in [0.1, 0.15) is 5.56 Å². The van der Waals surface area contributed by atoms with E-state index >= 15 is 0 Å². The summed E-state index contributed by atoms with van der Waals surface area (Å²) >= 11 is 0. The predicted octanol–water partition coefficient (Wildman–Crippen LogP) is 3.97. The zero-order chi connectivity index (χ0) is 14.4. The molecule has 21 heavy (non-hydrogen) atoms. The first-order valence-electron chi connectivity index (χ1n) is 6.85. The molecule has 0 saturated heterocycles. The Bertz CT molecular complexity index is 998. The van der Waals surface area contributed by atoms with E-state index in [2.05, 4.69) is 33.4 Å². The molecule has 0 radical (unpaired) electrons. The van der Waals surface area contributed by atoms with Gasteiger partial charge in [-0.2, -0.15) is 5.26 Å². The molecule has 0 saturated carbocycles. The SMILES string of the molecule is Cn1c2ccccc2n2cc(-c3ccccc3)c(C#N)c12. The molecule has 4 rings (SSSR count). The van der Waals surface area contributed by atoms with Crippen molar-refractivity contribution in [1.29, 1.82) is 5.26 Å². The van der Waals surface area contributed by atoms with E-state index in [0.717, 1.165) is 33.4 Å². The minimum absolute atomic E-state index is 0.722. The third kappa shape index (κ3) is 1.53. The first-order chi connectivity index (χ1) is 10.3. The Morgan fingerprint density at radius 2 is 1.57 bits per heavy atom. The van der Waals surface area contributed by atoms with Gasteiger partial charge in [-0.3, -0.25) is 4.40 Å². The van der Waals surface area contributed by atoms with E-state index in [1.54, 1.807) is 0 Å². The van der Waals surface area contributed by atoms with E-state index in [0.29, 0.717) is 0 Å². The Morgan fingerprint density at radius 1 is 0.905 bits per heavy atom. The summed E-state index contributed by atoms with van der Waals surface area (Å²) in [7, 11) is 2.01. The fourth-order valence-electron chi connectivity index (χ4n) is 3.02. The molecule has 3 heteroatoms. The van der Waals surface area contributed by atoms with Gasteiger partial charge in [-0.15, -0.1) is 0 Å². The monoisotopic (exact) mass is 271 g/mol. The van der Waals surface area contributed by atoms with Crippen LogP contribution in [0, 0.1) is 11.3 Å². The second kappa shape index (κ2) is 4.26. The smallest absolute Gasteiger partial charge is 0.136 e. The third-order valence-electron chi connectivity index (χ3n) is 4.00. The summed E-state index contributed by atoms with van der Waals surface area (Å²) in [5.41, 5.74) is 5.96. The standard InChI is InChI=1S/C18H13N3/c1-20-16-9-5-6-10-17(16)21-12-15(14(11-19)18(20)21)13-7-3-2-4-8-13/h2-10,12H,1H3. The zero-order valence-electron chi connectivity index (χ0n) is 11.6. The maximum Gasteiger partial charge on any atom is 0.136 e. The van der Waals surface area contributed by atoms with Crippen LogP contribution in [-0.2, 0) is 7.05 Å². The summed E-state index contributed by atoms with van der Waals surface area (Å²) in [6.07, 6.45) is 2.06. The number of rotatable bonds is 1. The normalized spacial score (nSPS) is 11.0. The molecule has 3 nitrogen and oxygen atoms in total. The number of para-hydroxylation sites is 2. The molecular formula is C18H13N3. The Hall–Kier alpha value is -2.99. The summed E-state index contributed by atoms with van der Waals surface area (Å²) < 4.78 is 4.19. The van der Waals surface area contributed by atoms with Gasteiger partial charge in [-0.1, -0.05) is 42.5 Å². The van der Waals surface area contributed by atoms with Crippen molar-refractivity contribution in [3.63, 3.8) is 0 Å². The van der Waals surface area contributed by atoms with Crippen molar-refractivity contribution in [2.45, 2.75) is 0 Å². The van der Waals surface area contributed by atoms with E-state index in [-0.39, 0.29) is 0 Å². The molecule has 2 aromatic carbocycles. The number of aryl methyl sites for hydroxylation is 1. The minimum Gasteiger partial charge on any atom is -0.328 e. The van der Waals surface area contributed by atoms with Crippen molar-refractivity contribution in [1.82, 2.24) is 8.97 Å². The molecule has 4 aromatic rings. The Morgan fingerprint density at radius 3 is 2.29 bits per heavy atom. The van der Waals surface area contributed by atoms with Crippen molar-refractivity contribution in [3.8, 4) is 17.2 Å². The van der Waals surface area contributed by atoms with Gasteiger partial charge >= 0.3 is 0 Å². The van der Waals surface area contributed by atoms with Crippen molar-refractivity contribution in [2.75, 3.05) is 0 Å². The molecule has 0 unspecified atom stereocenters. The molecule has 2 heterocycles. The van der Waals surface area contributed by atoms with Crippen molar-refractivity contribution >= 4 is 16.7 Å². The molecule has 0 bridgehead atoms. The molecule has 0 amide bonds. The molecule has 0 N–H and O–H groups in total. The lowest BCUT2D eigenvalue weighted by molar-refractivity contribution is 0.991. The first kappa shape index (κ1) is 11.8. The highest BCUT2D eigenvalue weighted by atomic mass is 15.1. The van der Waals surface area contributed by atoms with Gasteiger partial charge in [0.2, 0.25) is 0 Å². The molecule has 0 aliphatic carbocycles. The van der Waals surface area contributed by atoms with E-state index in [1.807, 2.05) is 49.5 Å². The molecular weight excluding hydrogens is 258 g/mol. The fraction of sp³-hybridized carbons (Fsp3) is 0.0556. The average Bonchev–Trinajstić information content (AvgIpc) is 3.05. The van der Waals surface area contributed by atoms with Crippen LogP contribution < -0.4 is 0 Å². The molecule has 100 valence electrons. The quantitative estimate of drug-likeness (QED) is 0.515. The van der Waals surface area contributed by atoms with Crippen LogP contribution in [0.25, 0.3) is 27.8 Å². The Labute approximate surface area is 122 Å². The maximum absolute atomic E-state index is 9.64. The van der Waals surface area contributed by atoms with Crippen LogP contribution >= 0.6 is 0 Å². The first-order valence-corrected chi connectivity index (χ1v) is 6.85. The lowest BCUT2D eigenvalue weighted by Gasteiger charge is -2.00. The molecule has 0 spiro atoms. The van der Waals surface area contributed by atoms with Crippen LogP contribution in [0.5, 0.6) is 0 Å². The number of hydrogen-bond acceptors (Lipinski definition) is 1. The van der Waals surface area contributed by atoms with Crippen LogP contribution in [0.2, 0.25) is 0 Å². The highest BCUT2D eigenvalue weighted by molar-refractivity contribution is 5.89. The second-order valence-corrected chi connectivity index (χ2v) is 5.14. The largest absolute Gasteiger partial charge is 0.328 e. The third-order valence-corrected chi connectivity index (χ3v) is 4.00. The summed E-state index contributed by atoms with van der Waals surface area (Å²) in [6.45, 7) is 0. The van der Waals surface area contributed by atoms with Crippen LogP contribution in [-0.4, -0.2) is 8.97 Å². The van der Waals surface area contributed by atoms with Crippen molar-refractivity contribution in [2.24, 2.45) is 7.05 Å². The molecule has 2 aromatic heterocycles. The Kier molecular flexibility index (Phi) is 2.39. The highest BCUT2D eigenvalue weighted by Gasteiger charge is 2.17. The lowest BCUT2D eigenvalue weighted by Crippen LogP contribution is -1.89. The number of benzene rings is 2. The van der Waals surface area contributed by atoms with Gasteiger partial charge in [-0.05, 0) is 17.7 Å². The van der Waals surface area contributed by atoms with Crippen molar-refractivity contribution in [3.05, 3.63) is 66.4 Å². The summed E-state index contributed by atoms with van der Waals surface area (Å²) in [5.74, 6) is 0. The topological polar surface area (TPSA) is 33.1 Å². The number of nitrogens with zero attached hydrogens (tertiary/aromatic N) is 3.